The number of benzene rings is 1. The third kappa shape index (κ3) is 3.19. The molecule has 0 fully saturated rings. The quantitative estimate of drug-likeness (QED) is 0.613. The predicted octanol–water partition coefficient (Wildman–Crippen LogP) is -0.836. The van der Waals surface area contributed by atoms with E-state index in [1.807, 2.05) is 0 Å². The van der Waals surface area contributed by atoms with E-state index in [0.29, 0.717) is 11.4 Å². The third-order valence-electron chi connectivity index (χ3n) is 2.26. The lowest BCUT2D eigenvalue weighted by Crippen LogP contribution is -2.30. The van der Waals surface area contributed by atoms with Crippen molar-refractivity contribution in [3.05, 3.63) is 23.8 Å². The lowest BCUT2D eigenvalue weighted by atomic mass is 10.1. The number of primary amides is 1. The summed E-state index contributed by atoms with van der Waals surface area (Å²) in [6, 6.07) is 4.48. The Kier molecular flexibility index (Phi) is 3.62. The Labute approximate surface area is 107 Å². The zero-order valence-corrected chi connectivity index (χ0v) is 9.76. The Balaban J connectivity index is 2.03. The number of nitrogens with two attached hydrogens (primary N) is 1. The van der Waals surface area contributed by atoms with Crippen molar-refractivity contribution in [1.82, 2.24) is 5.48 Å². The second kappa shape index (κ2) is 5.36. The van der Waals surface area contributed by atoms with Crippen molar-refractivity contribution in [2.45, 2.75) is 0 Å². The molecule has 0 spiro atoms. The summed E-state index contributed by atoms with van der Waals surface area (Å²) in [6.07, 6.45) is 0. The number of hydrogen-bond acceptors (Lipinski definition) is 5. The van der Waals surface area contributed by atoms with Gasteiger partial charge in [0.05, 0.1) is 5.69 Å². The van der Waals surface area contributed by atoms with Crippen LogP contribution in [0.5, 0.6) is 5.75 Å². The van der Waals surface area contributed by atoms with Crippen LogP contribution in [0.25, 0.3) is 0 Å². The molecule has 0 bridgehead atoms. The van der Waals surface area contributed by atoms with Gasteiger partial charge in [0.1, 0.15) is 5.75 Å². The molecular formula is C11H11N3O5. The average Bonchev–Trinajstić information content (AvgIpc) is 2.37. The lowest BCUT2D eigenvalue weighted by Gasteiger charge is -2.18. The Morgan fingerprint density at radius 2 is 2.26 bits per heavy atom. The molecule has 0 saturated carbocycles. The molecule has 19 heavy (non-hydrogen) atoms. The van der Waals surface area contributed by atoms with Gasteiger partial charge in [-0.25, -0.2) is 5.48 Å². The van der Waals surface area contributed by atoms with Crippen LogP contribution in [0.15, 0.2) is 18.2 Å². The summed E-state index contributed by atoms with van der Waals surface area (Å²) in [6.45, 7) is -0.514. The second-order valence-corrected chi connectivity index (χ2v) is 3.73. The molecule has 4 N–H and O–H groups in total. The minimum Gasteiger partial charge on any atom is -0.482 e. The molecule has 3 amide bonds. The van der Waals surface area contributed by atoms with Crippen LogP contribution >= 0.6 is 0 Å². The van der Waals surface area contributed by atoms with Gasteiger partial charge in [-0.05, 0) is 18.2 Å². The van der Waals surface area contributed by atoms with Gasteiger partial charge < -0.3 is 15.8 Å². The fraction of sp³-hybridized carbons (Fsp3) is 0.182. The molecule has 0 radical (unpaired) electrons. The van der Waals surface area contributed by atoms with E-state index in [-0.39, 0.29) is 18.1 Å². The monoisotopic (exact) mass is 265 g/mol. The summed E-state index contributed by atoms with van der Waals surface area (Å²) >= 11 is 0. The molecule has 100 valence electrons. The van der Waals surface area contributed by atoms with Crippen LogP contribution in [-0.2, 0) is 14.4 Å². The van der Waals surface area contributed by atoms with Crippen LogP contribution in [-0.4, -0.2) is 30.9 Å². The number of fused-ring (bicyclic) bond motifs is 1. The summed E-state index contributed by atoms with van der Waals surface area (Å²) < 4.78 is 5.16. The first-order chi connectivity index (χ1) is 9.06. The molecule has 0 aliphatic carbocycles. The summed E-state index contributed by atoms with van der Waals surface area (Å²) in [5.74, 6) is -1.11. The number of carbonyl (C=O) groups is 3. The number of anilines is 1. The molecule has 0 atom stereocenters. The van der Waals surface area contributed by atoms with E-state index in [0.717, 1.165) is 0 Å². The largest absolute Gasteiger partial charge is 0.482 e. The standard InChI is InChI=1S/C11H11N3O5/c12-9(15)4-19-14-11(17)6-1-2-7-8(3-6)18-5-10(16)13-7/h1-3H,4-5H2,(H2,12,15)(H,13,16)(H,14,17). The molecule has 1 aliphatic rings. The predicted molar refractivity (Wildman–Crippen MR) is 63.2 cm³/mol. The number of rotatable bonds is 4. The second-order valence-electron chi connectivity index (χ2n) is 3.73. The molecule has 1 aromatic carbocycles. The normalized spacial score (nSPS) is 12.9. The Morgan fingerprint density at radius 3 is 3.00 bits per heavy atom. The van der Waals surface area contributed by atoms with Gasteiger partial charge in [-0.3, -0.25) is 19.2 Å². The minimum absolute atomic E-state index is 0.101. The van der Waals surface area contributed by atoms with E-state index in [4.69, 9.17) is 10.5 Å². The average molecular weight is 265 g/mol. The molecule has 8 nitrogen and oxygen atoms in total. The van der Waals surface area contributed by atoms with Crippen LogP contribution in [0.4, 0.5) is 5.69 Å². The van der Waals surface area contributed by atoms with Crippen molar-refractivity contribution >= 4 is 23.4 Å². The van der Waals surface area contributed by atoms with E-state index >= 15 is 0 Å². The van der Waals surface area contributed by atoms with Crippen LogP contribution in [0.3, 0.4) is 0 Å². The molecule has 1 aromatic rings. The first kappa shape index (κ1) is 12.8. The van der Waals surface area contributed by atoms with Crippen molar-refractivity contribution in [3.63, 3.8) is 0 Å². The number of carbonyl (C=O) groups excluding carboxylic acids is 3. The van der Waals surface area contributed by atoms with Crippen LogP contribution in [0.1, 0.15) is 10.4 Å². The van der Waals surface area contributed by atoms with E-state index in [2.05, 4.69) is 15.6 Å². The van der Waals surface area contributed by atoms with Crippen LogP contribution in [0, 0.1) is 0 Å². The van der Waals surface area contributed by atoms with Gasteiger partial charge >= 0.3 is 0 Å². The number of ether oxygens (including phenoxy) is 1. The Morgan fingerprint density at radius 1 is 1.47 bits per heavy atom. The first-order valence-electron chi connectivity index (χ1n) is 5.33. The molecule has 8 heteroatoms. The fourth-order valence-electron chi connectivity index (χ4n) is 1.45. The van der Waals surface area contributed by atoms with Crippen LogP contribution < -0.4 is 21.3 Å². The molecule has 0 saturated heterocycles. The number of hydrogen-bond donors (Lipinski definition) is 3. The van der Waals surface area contributed by atoms with Crippen molar-refractivity contribution in [2.75, 3.05) is 18.5 Å². The number of amides is 3. The topological polar surface area (TPSA) is 120 Å². The minimum atomic E-state index is -0.697. The highest BCUT2D eigenvalue weighted by Gasteiger charge is 2.17. The zero-order chi connectivity index (χ0) is 13.8. The van der Waals surface area contributed by atoms with Gasteiger partial charge in [-0.2, -0.15) is 0 Å². The van der Waals surface area contributed by atoms with Crippen LogP contribution in [0.2, 0.25) is 0 Å². The highest BCUT2D eigenvalue weighted by molar-refractivity contribution is 5.98. The summed E-state index contributed by atoms with van der Waals surface area (Å²) in [4.78, 5) is 37.7. The van der Waals surface area contributed by atoms with Gasteiger partial charge in [-0.1, -0.05) is 0 Å². The summed E-state index contributed by atoms with van der Waals surface area (Å²) in [7, 11) is 0. The zero-order valence-electron chi connectivity index (χ0n) is 9.76. The molecule has 1 heterocycles. The SMILES string of the molecule is NC(=O)CONC(=O)c1ccc2c(c1)OCC(=O)N2. The van der Waals surface area contributed by atoms with Gasteiger partial charge in [0.25, 0.3) is 11.8 Å². The fourth-order valence-corrected chi connectivity index (χ4v) is 1.45. The Bertz CT molecular complexity index is 543. The van der Waals surface area contributed by atoms with Gasteiger partial charge in [-0.15, -0.1) is 0 Å². The molecular weight excluding hydrogens is 254 g/mol. The van der Waals surface area contributed by atoms with Crippen molar-refractivity contribution in [1.29, 1.82) is 0 Å². The molecule has 0 unspecified atom stereocenters. The van der Waals surface area contributed by atoms with Crippen molar-refractivity contribution < 1.29 is 24.0 Å². The lowest BCUT2D eigenvalue weighted by molar-refractivity contribution is -0.124. The van der Waals surface area contributed by atoms with E-state index in [1.165, 1.54) is 18.2 Å². The third-order valence-corrected chi connectivity index (χ3v) is 2.26. The smallest absolute Gasteiger partial charge is 0.274 e. The maximum atomic E-state index is 11.6. The van der Waals surface area contributed by atoms with E-state index < -0.39 is 18.4 Å². The van der Waals surface area contributed by atoms with Crippen molar-refractivity contribution in [2.24, 2.45) is 5.73 Å². The van der Waals surface area contributed by atoms with Gasteiger partial charge in [0.2, 0.25) is 5.91 Å². The number of hydroxylamine groups is 1. The highest BCUT2D eigenvalue weighted by atomic mass is 16.7. The van der Waals surface area contributed by atoms with E-state index in [1.54, 1.807) is 0 Å². The van der Waals surface area contributed by atoms with E-state index in [9.17, 15) is 14.4 Å². The van der Waals surface area contributed by atoms with Gasteiger partial charge in [0.15, 0.2) is 13.2 Å². The highest BCUT2D eigenvalue weighted by Crippen LogP contribution is 2.28. The number of nitrogens with one attached hydrogen (secondary N) is 2. The van der Waals surface area contributed by atoms with Gasteiger partial charge in [0, 0.05) is 5.56 Å². The maximum Gasteiger partial charge on any atom is 0.274 e. The molecule has 0 aromatic heterocycles. The van der Waals surface area contributed by atoms with Crippen molar-refractivity contribution in [3.8, 4) is 5.75 Å². The summed E-state index contributed by atoms with van der Waals surface area (Å²) in [5.41, 5.74) is 7.66. The Hall–Kier alpha value is -2.61. The molecule has 2 rings (SSSR count). The molecule has 1 aliphatic heterocycles. The first-order valence-corrected chi connectivity index (χ1v) is 5.33. The maximum absolute atomic E-state index is 11.6. The summed E-state index contributed by atoms with van der Waals surface area (Å²) in [5, 5.41) is 2.60.